The molecule has 7 nitrogen and oxygen atoms in total. The number of rotatable bonds is 7. The number of nitro benzene ring substituents is 1. The quantitative estimate of drug-likeness (QED) is 0.410. The van der Waals surface area contributed by atoms with Crippen LogP contribution in [0.4, 0.5) is 5.69 Å². The number of nitro groups is 1. The van der Waals surface area contributed by atoms with E-state index >= 15 is 0 Å². The van der Waals surface area contributed by atoms with Gasteiger partial charge in [-0.3, -0.25) is 15.0 Å². The van der Waals surface area contributed by atoms with Crippen molar-refractivity contribution in [3.05, 3.63) is 75.1 Å². The van der Waals surface area contributed by atoms with Crippen LogP contribution in [0.3, 0.4) is 0 Å². The molecule has 1 unspecified atom stereocenters. The maximum Gasteiger partial charge on any atom is 0.270 e. The molecule has 1 aliphatic carbocycles. The molecule has 0 bridgehead atoms. The standard InChI is InChI=1S/C20H19ClN4O3/c1-13(17-7-2-3-8-18(17)21)24(15-9-10-15)12-19-22-20(23-28-19)14-5-4-6-16(11-14)25(26)27/h2-8,11,13,15H,9-10,12H2,1H3. The number of hydrogen-bond acceptors (Lipinski definition) is 6. The van der Waals surface area contributed by atoms with Crippen LogP contribution in [0.25, 0.3) is 11.4 Å². The fourth-order valence-corrected chi connectivity index (χ4v) is 3.63. The lowest BCUT2D eigenvalue weighted by molar-refractivity contribution is -0.384. The summed E-state index contributed by atoms with van der Waals surface area (Å²) in [5.74, 6) is 0.826. The molecule has 1 fully saturated rings. The van der Waals surface area contributed by atoms with Crippen molar-refractivity contribution in [1.82, 2.24) is 15.0 Å². The first-order valence-electron chi connectivity index (χ1n) is 9.10. The average molecular weight is 399 g/mol. The van der Waals surface area contributed by atoms with Crippen molar-refractivity contribution in [2.24, 2.45) is 0 Å². The van der Waals surface area contributed by atoms with Crippen molar-refractivity contribution >= 4 is 17.3 Å². The second kappa shape index (κ2) is 7.69. The molecular formula is C20H19ClN4O3. The van der Waals surface area contributed by atoms with Crippen LogP contribution in [-0.4, -0.2) is 26.0 Å². The van der Waals surface area contributed by atoms with Gasteiger partial charge in [-0.15, -0.1) is 0 Å². The Morgan fingerprint density at radius 1 is 1.29 bits per heavy atom. The molecule has 0 saturated heterocycles. The zero-order valence-corrected chi connectivity index (χ0v) is 16.0. The number of non-ortho nitro benzene ring substituents is 1. The Bertz CT molecular complexity index is 1000. The minimum absolute atomic E-state index is 0.00389. The van der Waals surface area contributed by atoms with E-state index in [-0.39, 0.29) is 11.7 Å². The van der Waals surface area contributed by atoms with Gasteiger partial charge in [0.25, 0.3) is 5.69 Å². The van der Waals surface area contributed by atoms with Gasteiger partial charge in [-0.1, -0.05) is 47.1 Å². The summed E-state index contributed by atoms with van der Waals surface area (Å²) in [6, 6.07) is 14.6. The zero-order valence-electron chi connectivity index (χ0n) is 15.3. The second-order valence-corrected chi connectivity index (χ2v) is 7.33. The molecule has 0 amide bonds. The molecule has 4 rings (SSSR count). The zero-order chi connectivity index (χ0) is 19.7. The SMILES string of the molecule is CC(c1ccccc1Cl)N(Cc1nc(-c2cccc([N+](=O)[O-])c2)no1)C1CC1. The van der Waals surface area contributed by atoms with Gasteiger partial charge in [-0.05, 0) is 31.4 Å². The van der Waals surface area contributed by atoms with Crippen molar-refractivity contribution in [2.45, 2.75) is 38.4 Å². The van der Waals surface area contributed by atoms with Crippen LogP contribution in [-0.2, 0) is 6.54 Å². The van der Waals surface area contributed by atoms with Crippen LogP contribution in [0.1, 0.15) is 37.3 Å². The maximum absolute atomic E-state index is 11.0. The van der Waals surface area contributed by atoms with E-state index in [2.05, 4.69) is 22.0 Å². The van der Waals surface area contributed by atoms with E-state index in [0.29, 0.717) is 29.9 Å². The number of benzene rings is 2. The fourth-order valence-electron chi connectivity index (χ4n) is 3.33. The summed E-state index contributed by atoms with van der Waals surface area (Å²) in [5.41, 5.74) is 1.62. The highest BCUT2D eigenvalue weighted by atomic mass is 35.5. The summed E-state index contributed by atoms with van der Waals surface area (Å²) in [6.07, 6.45) is 2.25. The van der Waals surface area contributed by atoms with E-state index in [1.54, 1.807) is 12.1 Å². The van der Waals surface area contributed by atoms with Crippen molar-refractivity contribution in [1.29, 1.82) is 0 Å². The lowest BCUT2D eigenvalue weighted by Gasteiger charge is -2.28. The van der Waals surface area contributed by atoms with Crippen LogP contribution in [0.5, 0.6) is 0 Å². The Balaban J connectivity index is 1.55. The first kappa shape index (κ1) is 18.6. The molecule has 28 heavy (non-hydrogen) atoms. The van der Waals surface area contributed by atoms with Crippen LogP contribution in [0.15, 0.2) is 53.1 Å². The minimum Gasteiger partial charge on any atom is -0.338 e. The number of nitrogens with zero attached hydrogens (tertiary/aromatic N) is 4. The Hall–Kier alpha value is -2.77. The smallest absolute Gasteiger partial charge is 0.270 e. The van der Waals surface area contributed by atoms with Gasteiger partial charge in [0.1, 0.15) is 0 Å². The Labute approximate surface area is 167 Å². The molecule has 0 aliphatic heterocycles. The third-order valence-electron chi connectivity index (χ3n) is 4.97. The molecule has 0 N–H and O–H groups in total. The lowest BCUT2D eigenvalue weighted by atomic mass is 10.1. The largest absolute Gasteiger partial charge is 0.338 e. The molecule has 8 heteroatoms. The molecule has 1 atom stereocenters. The van der Waals surface area contributed by atoms with E-state index in [0.717, 1.165) is 23.4 Å². The summed E-state index contributed by atoms with van der Waals surface area (Å²) in [6.45, 7) is 2.62. The molecular weight excluding hydrogens is 380 g/mol. The summed E-state index contributed by atoms with van der Waals surface area (Å²) in [4.78, 5) is 17.3. The van der Waals surface area contributed by atoms with E-state index in [1.807, 2.05) is 24.3 Å². The first-order valence-corrected chi connectivity index (χ1v) is 9.48. The van der Waals surface area contributed by atoms with E-state index < -0.39 is 4.92 Å². The molecule has 144 valence electrons. The van der Waals surface area contributed by atoms with Gasteiger partial charge in [-0.25, -0.2) is 0 Å². The van der Waals surface area contributed by atoms with E-state index in [1.165, 1.54) is 12.1 Å². The third kappa shape index (κ3) is 3.90. The van der Waals surface area contributed by atoms with Gasteiger partial charge in [0.2, 0.25) is 11.7 Å². The highest BCUT2D eigenvalue weighted by Gasteiger charge is 2.34. The number of aromatic nitrogens is 2. The highest BCUT2D eigenvalue weighted by Crippen LogP contribution is 2.37. The molecule has 0 radical (unpaired) electrons. The van der Waals surface area contributed by atoms with Gasteiger partial charge in [-0.2, -0.15) is 4.98 Å². The van der Waals surface area contributed by atoms with Crippen LogP contribution < -0.4 is 0 Å². The van der Waals surface area contributed by atoms with Crippen molar-refractivity contribution in [2.75, 3.05) is 0 Å². The fraction of sp³-hybridized carbons (Fsp3) is 0.300. The molecule has 3 aromatic rings. The van der Waals surface area contributed by atoms with Gasteiger partial charge < -0.3 is 4.52 Å². The summed E-state index contributed by atoms with van der Waals surface area (Å²) >= 11 is 6.38. The Morgan fingerprint density at radius 3 is 2.79 bits per heavy atom. The molecule has 1 aliphatic rings. The predicted molar refractivity (Wildman–Crippen MR) is 105 cm³/mol. The first-order chi connectivity index (χ1) is 13.5. The lowest BCUT2D eigenvalue weighted by Crippen LogP contribution is -2.29. The third-order valence-corrected chi connectivity index (χ3v) is 5.31. The van der Waals surface area contributed by atoms with Crippen molar-refractivity contribution < 1.29 is 9.45 Å². The Morgan fingerprint density at radius 2 is 2.07 bits per heavy atom. The molecule has 0 spiro atoms. The monoisotopic (exact) mass is 398 g/mol. The van der Waals surface area contributed by atoms with E-state index in [9.17, 15) is 10.1 Å². The minimum atomic E-state index is -0.440. The van der Waals surface area contributed by atoms with Crippen LogP contribution >= 0.6 is 11.6 Å². The summed E-state index contributed by atoms with van der Waals surface area (Å²) < 4.78 is 5.44. The predicted octanol–water partition coefficient (Wildman–Crippen LogP) is 5.02. The molecule has 1 aromatic heterocycles. The van der Waals surface area contributed by atoms with Crippen LogP contribution in [0.2, 0.25) is 5.02 Å². The molecule has 2 aromatic carbocycles. The van der Waals surface area contributed by atoms with Gasteiger partial charge in [0.15, 0.2) is 0 Å². The highest BCUT2D eigenvalue weighted by molar-refractivity contribution is 6.31. The second-order valence-electron chi connectivity index (χ2n) is 6.92. The Kier molecular flexibility index (Phi) is 5.11. The van der Waals surface area contributed by atoms with Gasteiger partial charge in [0.05, 0.1) is 11.5 Å². The van der Waals surface area contributed by atoms with Gasteiger partial charge >= 0.3 is 0 Å². The number of halogens is 1. The number of hydrogen-bond donors (Lipinski definition) is 0. The van der Waals surface area contributed by atoms with E-state index in [4.69, 9.17) is 16.1 Å². The van der Waals surface area contributed by atoms with Crippen molar-refractivity contribution in [3.63, 3.8) is 0 Å². The maximum atomic E-state index is 11.0. The normalized spacial score (nSPS) is 15.0. The van der Waals surface area contributed by atoms with Crippen molar-refractivity contribution in [3.8, 4) is 11.4 Å². The van der Waals surface area contributed by atoms with Gasteiger partial charge in [0, 0.05) is 34.8 Å². The summed E-state index contributed by atoms with van der Waals surface area (Å²) in [5, 5.41) is 15.7. The molecule has 1 heterocycles. The average Bonchev–Trinajstić information content (AvgIpc) is 3.43. The summed E-state index contributed by atoms with van der Waals surface area (Å²) in [7, 11) is 0. The van der Waals surface area contributed by atoms with Crippen LogP contribution in [0, 0.1) is 10.1 Å². The topological polar surface area (TPSA) is 85.3 Å². The molecule has 1 saturated carbocycles.